The van der Waals surface area contributed by atoms with E-state index in [-0.39, 0.29) is 0 Å². The smallest absolute Gasteiger partial charge is 0.165 e. The van der Waals surface area contributed by atoms with Gasteiger partial charge in [-0.25, -0.2) is 0 Å². The number of aromatic nitrogens is 3. The Morgan fingerprint density at radius 2 is 2.32 bits per heavy atom. The van der Waals surface area contributed by atoms with Crippen molar-refractivity contribution in [3.63, 3.8) is 0 Å². The molecule has 3 rings (SSSR count). The summed E-state index contributed by atoms with van der Waals surface area (Å²) in [5.74, 6) is 1.05. The van der Waals surface area contributed by atoms with Crippen molar-refractivity contribution >= 4 is 5.65 Å². The van der Waals surface area contributed by atoms with Gasteiger partial charge in [0.15, 0.2) is 5.65 Å². The number of nitrogens with zero attached hydrogens (tertiary/aromatic N) is 4. The lowest BCUT2D eigenvalue weighted by Crippen LogP contribution is -2.31. The molecule has 19 heavy (non-hydrogen) atoms. The summed E-state index contributed by atoms with van der Waals surface area (Å²) in [6.45, 7) is 5.07. The van der Waals surface area contributed by atoms with E-state index in [1.54, 1.807) is 0 Å². The fourth-order valence-corrected chi connectivity index (χ4v) is 3.07. The van der Waals surface area contributed by atoms with Gasteiger partial charge >= 0.3 is 0 Å². The Balaban J connectivity index is 1.89. The molecule has 0 amide bonds. The Labute approximate surface area is 113 Å². The number of likely N-dealkylation sites (N-methyl/N-ethyl adjacent to an activating group) is 1. The molecule has 5 nitrogen and oxygen atoms in total. The lowest BCUT2D eigenvalue weighted by Gasteiger charge is -2.21. The standard InChI is InChI=1S/C14H21N5/c1-2-18-7-4-6-12(18)9-13-16-17-14-11(10-15)5-3-8-19(13)14/h3,5,8,12H,2,4,6-7,9-10,15H2,1H3. The topological polar surface area (TPSA) is 59.5 Å². The summed E-state index contributed by atoms with van der Waals surface area (Å²) >= 11 is 0. The van der Waals surface area contributed by atoms with E-state index in [4.69, 9.17) is 5.73 Å². The number of fused-ring (bicyclic) bond motifs is 1. The molecule has 0 saturated carbocycles. The van der Waals surface area contributed by atoms with Gasteiger partial charge in [0.1, 0.15) is 5.82 Å². The van der Waals surface area contributed by atoms with Crippen LogP contribution in [0.25, 0.3) is 5.65 Å². The number of pyridine rings is 1. The number of nitrogens with two attached hydrogens (primary N) is 1. The van der Waals surface area contributed by atoms with Crippen molar-refractivity contribution in [2.75, 3.05) is 13.1 Å². The molecule has 2 N–H and O–H groups in total. The molecule has 1 unspecified atom stereocenters. The summed E-state index contributed by atoms with van der Waals surface area (Å²) < 4.78 is 2.09. The van der Waals surface area contributed by atoms with Crippen LogP contribution in [0.5, 0.6) is 0 Å². The first kappa shape index (κ1) is 12.6. The number of rotatable bonds is 4. The van der Waals surface area contributed by atoms with Gasteiger partial charge in [-0.2, -0.15) is 0 Å². The number of hydrogen-bond acceptors (Lipinski definition) is 4. The predicted octanol–water partition coefficient (Wildman–Crippen LogP) is 1.21. The molecule has 5 heteroatoms. The lowest BCUT2D eigenvalue weighted by molar-refractivity contribution is 0.263. The van der Waals surface area contributed by atoms with Gasteiger partial charge in [0.05, 0.1) is 0 Å². The fourth-order valence-electron chi connectivity index (χ4n) is 3.07. The third-order valence-electron chi connectivity index (χ3n) is 4.13. The fraction of sp³-hybridized carbons (Fsp3) is 0.571. The van der Waals surface area contributed by atoms with E-state index < -0.39 is 0 Å². The molecule has 3 heterocycles. The molecule has 0 aromatic carbocycles. The van der Waals surface area contributed by atoms with Gasteiger partial charge in [-0.15, -0.1) is 10.2 Å². The quantitative estimate of drug-likeness (QED) is 0.896. The van der Waals surface area contributed by atoms with Crippen LogP contribution in [-0.2, 0) is 13.0 Å². The second-order valence-electron chi connectivity index (χ2n) is 5.18. The third kappa shape index (κ3) is 2.24. The summed E-state index contributed by atoms with van der Waals surface area (Å²) in [7, 11) is 0. The Morgan fingerprint density at radius 3 is 3.11 bits per heavy atom. The van der Waals surface area contributed by atoms with Crippen LogP contribution in [0, 0.1) is 0 Å². The minimum absolute atomic E-state index is 0.507. The minimum Gasteiger partial charge on any atom is -0.326 e. The molecule has 1 fully saturated rings. The zero-order valence-electron chi connectivity index (χ0n) is 11.4. The van der Waals surface area contributed by atoms with Gasteiger partial charge in [-0.05, 0) is 32.0 Å². The molecule has 1 atom stereocenters. The number of likely N-dealkylation sites (tertiary alicyclic amines) is 1. The molecule has 0 bridgehead atoms. The summed E-state index contributed by atoms with van der Waals surface area (Å²) in [6, 6.07) is 4.65. The molecule has 102 valence electrons. The van der Waals surface area contributed by atoms with Crippen molar-refractivity contribution in [1.82, 2.24) is 19.5 Å². The zero-order chi connectivity index (χ0) is 13.2. The average Bonchev–Trinajstić information content (AvgIpc) is 3.06. The third-order valence-corrected chi connectivity index (χ3v) is 4.13. The predicted molar refractivity (Wildman–Crippen MR) is 74.9 cm³/mol. The van der Waals surface area contributed by atoms with E-state index in [1.165, 1.54) is 19.4 Å². The molecule has 1 aliphatic rings. The highest BCUT2D eigenvalue weighted by atomic mass is 15.3. The highest BCUT2D eigenvalue weighted by Crippen LogP contribution is 2.20. The van der Waals surface area contributed by atoms with Gasteiger partial charge < -0.3 is 10.6 Å². The van der Waals surface area contributed by atoms with Crippen molar-refractivity contribution in [3.8, 4) is 0 Å². The normalized spacial score (nSPS) is 20.4. The van der Waals surface area contributed by atoms with Crippen LogP contribution in [-0.4, -0.2) is 38.6 Å². The molecule has 1 saturated heterocycles. The van der Waals surface area contributed by atoms with Gasteiger partial charge in [-0.1, -0.05) is 13.0 Å². The van der Waals surface area contributed by atoms with E-state index in [2.05, 4.69) is 26.4 Å². The van der Waals surface area contributed by atoms with Gasteiger partial charge in [0, 0.05) is 30.8 Å². The van der Waals surface area contributed by atoms with Gasteiger partial charge in [0.25, 0.3) is 0 Å². The van der Waals surface area contributed by atoms with Gasteiger partial charge in [-0.3, -0.25) is 4.40 Å². The summed E-state index contributed by atoms with van der Waals surface area (Å²) in [6.07, 6.45) is 5.57. The van der Waals surface area contributed by atoms with Crippen LogP contribution < -0.4 is 5.73 Å². The average molecular weight is 259 g/mol. The maximum atomic E-state index is 5.74. The number of hydrogen-bond donors (Lipinski definition) is 1. The maximum Gasteiger partial charge on any atom is 0.165 e. The second-order valence-corrected chi connectivity index (χ2v) is 5.18. The Hall–Kier alpha value is -1.46. The van der Waals surface area contributed by atoms with E-state index in [9.17, 15) is 0 Å². The van der Waals surface area contributed by atoms with Crippen molar-refractivity contribution in [3.05, 3.63) is 29.7 Å². The van der Waals surface area contributed by atoms with Crippen LogP contribution in [0.1, 0.15) is 31.2 Å². The van der Waals surface area contributed by atoms with Crippen molar-refractivity contribution in [1.29, 1.82) is 0 Å². The molecule has 0 aliphatic carbocycles. The summed E-state index contributed by atoms with van der Waals surface area (Å²) in [4.78, 5) is 2.54. The van der Waals surface area contributed by atoms with Crippen LogP contribution in [0.3, 0.4) is 0 Å². The molecule has 2 aromatic rings. The molecule has 0 spiro atoms. The Kier molecular flexibility index (Phi) is 3.48. The van der Waals surface area contributed by atoms with E-state index in [0.29, 0.717) is 12.6 Å². The first-order valence-corrected chi connectivity index (χ1v) is 7.09. The largest absolute Gasteiger partial charge is 0.326 e. The monoisotopic (exact) mass is 259 g/mol. The lowest BCUT2D eigenvalue weighted by atomic mass is 10.1. The summed E-state index contributed by atoms with van der Waals surface area (Å²) in [5, 5.41) is 8.66. The Morgan fingerprint density at radius 1 is 1.42 bits per heavy atom. The zero-order valence-corrected chi connectivity index (χ0v) is 11.4. The molecular formula is C14H21N5. The first-order chi connectivity index (χ1) is 9.33. The van der Waals surface area contributed by atoms with Crippen molar-refractivity contribution in [2.45, 2.75) is 38.8 Å². The minimum atomic E-state index is 0.507. The van der Waals surface area contributed by atoms with Crippen LogP contribution >= 0.6 is 0 Å². The van der Waals surface area contributed by atoms with Crippen LogP contribution in [0.2, 0.25) is 0 Å². The summed E-state index contributed by atoms with van der Waals surface area (Å²) in [5.41, 5.74) is 7.70. The van der Waals surface area contributed by atoms with E-state index >= 15 is 0 Å². The van der Waals surface area contributed by atoms with Crippen molar-refractivity contribution < 1.29 is 0 Å². The highest BCUT2D eigenvalue weighted by Gasteiger charge is 2.25. The van der Waals surface area contributed by atoms with Crippen LogP contribution in [0.4, 0.5) is 0 Å². The molecule has 1 aliphatic heterocycles. The van der Waals surface area contributed by atoms with E-state index in [0.717, 1.165) is 30.0 Å². The molecular weight excluding hydrogens is 238 g/mol. The maximum absolute atomic E-state index is 5.74. The Bertz CT molecular complexity index is 562. The van der Waals surface area contributed by atoms with Gasteiger partial charge in [0.2, 0.25) is 0 Å². The second kappa shape index (κ2) is 5.27. The highest BCUT2D eigenvalue weighted by molar-refractivity contribution is 5.47. The van der Waals surface area contributed by atoms with Crippen LogP contribution in [0.15, 0.2) is 18.3 Å². The molecule has 0 radical (unpaired) electrons. The SMILES string of the molecule is CCN1CCCC1Cc1nnc2c(CN)cccn12. The molecule has 2 aromatic heterocycles. The first-order valence-electron chi connectivity index (χ1n) is 7.09. The van der Waals surface area contributed by atoms with Crippen molar-refractivity contribution in [2.24, 2.45) is 5.73 Å². The van der Waals surface area contributed by atoms with E-state index in [1.807, 2.05) is 18.3 Å².